The summed E-state index contributed by atoms with van der Waals surface area (Å²) in [6.07, 6.45) is 0.667. The van der Waals surface area contributed by atoms with Gasteiger partial charge in [-0.2, -0.15) is 0 Å². The van der Waals surface area contributed by atoms with E-state index in [-0.39, 0.29) is 6.79 Å². The minimum atomic E-state index is 0.148. The Kier molecular flexibility index (Phi) is 3.63. The molecule has 7 heteroatoms. The fraction of sp³-hybridized carbons (Fsp3) is 0.231. The van der Waals surface area contributed by atoms with Crippen LogP contribution in [0, 0.1) is 0 Å². The number of aromatic nitrogens is 2. The van der Waals surface area contributed by atoms with Gasteiger partial charge >= 0.3 is 0 Å². The molecule has 1 aromatic heterocycles. The van der Waals surface area contributed by atoms with Gasteiger partial charge in [-0.3, -0.25) is 0 Å². The summed E-state index contributed by atoms with van der Waals surface area (Å²) in [4.78, 5) is 8.51. The molecule has 0 atom stereocenters. The molecule has 1 aliphatic heterocycles. The van der Waals surface area contributed by atoms with Gasteiger partial charge < -0.3 is 9.47 Å². The Hall–Kier alpha value is -1.23. The lowest BCUT2D eigenvalue weighted by Gasteiger charge is -2.08. The maximum atomic E-state index is 6.14. The Balaban J connectivity index is 2.12. The average Bonchev–Trinajstić information content (AvgIpc) is 2.87. The maximum absolute atomic E-state index is 6.14. The largest absolute Gasteiger partial charge is 0.454 e. The van der Waals surface area contributed by atoms with E-state index in [1.165, 1.54) is 0 Å². The second-order valence-corrected chi connectivity index (χ2v) is 5.28. The van der Waals surface area contributed by atoms with Crippen LogP contribution in [0.2, 0.25) is 15.3 Å². The van der Waals surface area contributed by atoms with E-state index in [0.717, 1.165) is 5.56 Å². The molecule has 2 aromatic rings. The van der Waals surface area contributed by atoms with Crippen LogP contribution < -0.4 is 9.47 Å². The summed E-state index contributed by atoms with van der Waals surface area (Å²) in [6.45, 7) is 2.09. The van der Waals surface area contributed by atoms with Crippen LogP contribution in [0.3, 0.4) is 0 Å². The van der Waals surface area contributed by atoms with E-state index in [2.05, 4.69) is 9.97 Å². The molecule has 0 radical (unpaired) electrons. The Morgan fingerprint density at radius 3 is 2.45 bits per heavy atom. The summed E-state index contributed by atoms with van der Waals surface area (Å²) in [5, 5.41) is 1.12. The van der Waals surface area contributed by atoms with Crippen LogP contribution >= 0.6 is 34.8 Å². The Bertz CT molecular complexity index is 669. The highest BCUT2D eigenvalue weighted by atomic mass is 35.5. The van der Waals surface area contributed by atoms with E-state index in [0.29, 0.717) is 44.6 Å². The van der Waals surface area contributed by atoms with E-state index in [1.54, 1.807) is 12.1 Å². The Morgan fingerprint density at radius 2 is 1.80 bits per heavy atom. The third-order valence-electron chi connectivity index (χ3n) is 2.95. The molecule has 20 heavy (non-hydrogen) atoms. The molecule has 0 saturated carbocycles. The summed E-state index contributed by atoms with van der Waals surface area (Å²) in [5.41, 5.74) is 1.40. The highest BCUT2D eigenvalue weighted by Gasteiger charge is 2.20. The number of benzene rings is 1. The van der Waals surface area contributed by atoms with Crippen LogP contribution in [0.5, 0.6) is 11.5 Å². The predicted molar refractivity (Wildman–Crippen MR) is 78.0 cm³/mol. The Morgan fingerprint density at radius 1 is 1.10 bits per heavy atom. The molecule has 0 bridgehead atoms. The molecule has 104 valence electrons. The fourth-order valence-electron chi connectivity index (χ4n) is 1.95. The smallest absolute Gasteiger partial charge is 0.231 e. The van der Waals surface area contributed by atoms with Crippen molar-refractivity contribution >= 4 is 34.8 Å². The summed E-state index contributed by atoms with van der Waals surface area (Å²) in [6, 6.07) is 3.45. The predicted octanol–water partition coefficient (Wildman–Crippen LogP) is 4.39. The van der Waals surface area contributed by atoms with E-state index >= 15 is 0 Å². The Labute approximate surface area is 130 Å². The zero-order valence-electron chi connectivity index (χ0n) is 10.4. The van der Waals surface area contributed by atoms with Crippen molar-refractivity contribution in [2.24, 2.45) is 0 Å². The van der Waals surface area contributed by atoms with Crippen molar-refractivity contribution in [2.75, 3.05) is 6.79 Å². The molecule has 1 aliphatic rings. The van der Waals surface area contributed by atoms with E-state index < -0.39 is 0 Å². The van der Waals surface area contributed by atoms with E-state index in [9.17, 15) is 0 Å². The summed E-state index contributed by atoms with van der Waals surface area (Å²) in [5.74, 6) is 1.48. The molecule has 1 aromatic carbocycles. The van der Waals surface area contributed by atoms with Crippen LogP contribution in [0.15, 0.2) is 12.1 Å². The summed E-state index contributed by atoms with van der Waals surface area (Å²) < 4.78 is 10.6. The van der Waals surface area contributed by atoms with Gasteiger partial charge in [0, 0.05) is 11.1 Å². The summed E-state index contributed by atoms with van der Waals surface area (Å²) >= 11 is 18.4. The van der Waals surface area contributed by atoms with E-state index in [1.807, 2.05) is 6.92 Å². The second-order valence-electron chi connectivity index (χ2n) is 4.15. The zero-order valence-corrected chi connectivity index (χ0v) is 12.7. The number of rotatable bonds is 2. The number of nitrogens with zero attached hydrogens (tertiary/aromatic N) is 2. The topological polar surface area (TPSA) is 44.2 Å². The first-order valence-electron chi connectivity index (χ1n) is 5.91. The molecule has 0 spiro atoms. The van der Waals surface area contributed by atoms with Gasteiger partial charge in [0.25, 0.3) is 0 Å². The molecule has 0 unspecified atom stereocenters. The van der Waals surface area contributed by atoms with Crippen molar-refractivity contribution < 1.29 is 9.47 Å². The lowest BCUT2D eigenvalue weighted by atomic mass is 10.2. The van der Waals surface area contributed by atoms with Crippen molar-refractivity contribution in [3.8, 4) is 22.9 Å². The SMILES string of the molecule is CCc1c(Cl)nc(-c2cc(Cl)c3c(c2)OCO3)nc1Cl. The molecular weight excluding hydrogens is 323 g/mol. The molecule has 0 fully saturated rings. The molecular formula is C13H9Cl3N2O2. The third kappa shape index (κ3) is 2.28. The molecule has 3 rings (SSSR count). The van der Waals surface area contributed by atoms with E-state index in [4.69, 9.17) is 44.3 Å². The zero-order chi connectivity index (χ0) is 14.3. The quantitative estimate of drug-likeness (QED) is 0.765. The first-order chi connectivity index (χ1) is 9.60. The van der Waals surface area contributed by atoms with Gasteiger partial charge in [-0.25, -0.2) is 9.97 Å². The van der Waals surface area contributed by atoms with Gasteiger partial charge in [0.15, 0.2) is 17.3 Å². The van der Waals surface area contributed by atoms with Crippen molar-refractivity contribution in [3.05, 3.63) is 33.0 Å². The fourth-order valence-corrected chi connectivity index (χ4v) is 2.87. The highest BCUT2D eigenvalue weighted by Crippen LogP contribution is 2.42. The molecule has 0 amide bonds. The molecule has 4 nitrogen and oxygen atoms in total. The van der Waals surface area contributed by atoms with Crippen LogP contribution in [0.25, 0.3) is 11.4 Å². The second kappa shape index (κ2) is 5.28. The van der Waals surface area contributed by atoms with Crippen LogP contribution in [-0.2, 0) is 6.42 Å². The number of hydrogen-bond acceptors (Lipinski definition) is 4. The molecule has 0 N–H and O–H groups in total. The van der Waals surface area contributed by atoms with Crippen molar-refractivity contribution in [1.82, 2.24) is 9.97 Å². The van der Waals surface area contributed by atoms with Gasteiger partial charge in [0.05, 0.1) is 5.02 Å². The van der Waals surface area contributed by atoms with Crippen molar-refractivity contribution in [3.63, 3.8) is 0 Å². The van der Waals surface area contributed by atoms with Gasteiger partial charge in [-0.05, 0) is 18.6 Å². The monoisotopic (exact) mass is 330 g/mol. The van der Waals surface area contributed by atoms with Crippen LogP contribution in [0.4, 0.5) is 0 Å². The normalized spacial score (nSPS) is 12.8. The number of halogens is 3. The first-order valence-corrected chi connectivity index (χ1v) is 7.05. The minimum Gasteiger partial charge on any atom is -0.454 e. The van der Waals surface area contributed by atoms with Gasteiger partial charge in [0.1, 0.15) is 10.3 Å². The van der Waals surface area contributed by atoms with Gasteiger partial charge in [-0.1, -0.05) is 41.7 Å². The lowest BCUT2D eigenvalue weighted by molar-refractivity contribution is 0.174. The standard InChI is InChI=1S/C13H9Cl3N2O2/c1-2-7-11(15)17-13(18-12(7)16)6-3-8(14)10-9(4-6)19-5-20-10/h3-4H,2,5H2,1H3. The molecule has 0 aliphatic carbocycles. The third-order valence-corrected chi connectivity index (χ3v) is 3.85. The van der Waals surface area contributed by atoms with Crippen LogP contribution in [0.1, 0.15) is 12.5 Å². The first kappa shape index (κ1) is 13.7. The summed E-state index contributed by atoms with van der Waals surface area (Å²) in [7, 11) is 0. The number of fused-ring (bicyclic) bond motifs is 1. The van der Waals surface area contributed by atoms with Gasteiger partial charge in [0.2, 0.25) is 6.79 Å². The molecule has 2 heterocycles. The van der Waals surface area contributed by atoms with Gasteiger partial charge in [-0.15, -0.1) is 0 Å². The average molecular weight is 332 g/mol. The highest BCUT2D eigenvalue weighted by molar-refractivity contribution is 6.34. The number of ether oxygens (including phenoxy) is 2. The minimum absolute atomic E-state index is 0.148. The van der Waals surface area contributed by atoms with Crippen molar-refractivity contribution in [1.29, 1.82) is 0 Å². The van der Waals surface area contributed by atoms with Crippen molar-refractivity contribution in [2.45, 2.75) is 13.3 Å². The maximum Gasteiger partial charge on any atom is 0.231 e. The number of hydrogen-bond donors (Lipinski definition) is 0. The lowest BCUT2D eigenvalue weighted by Crippen LogP contribution is -1.96. The molecule has 0 saturated heterocycles. The van der Waals surface area contributed by atoms with Crippen LogP contribution in [-0.4, -0.2) is 16.8 Å².